The zero-order valence-electron chi connectivity index (χ0n) is 12.3. The molecule has 1 aliphatic carbocycles. The van der Waals surface area contributed by atoms with Crippen LogP contribution in [0.2, 0.25) is 0 Å². The summed E-state index contributed by atoms with van der Waals surface area (Å²) in [6, 6.07) is 7.84. The highest BCUT2D eigenvalue weighted by Crippen LogP contribution is 2.58. The van der Waals surface area contributed by atoms with Crippen molar-refractivity contribution in [1.82, 2.24) is 5.32 Å². The van der Waals surface area contributed by atoms with Crippen LogP contribution < -0.4 is 5.32 Å². The van der Waals surface area contributed by atoms with Crippen molar-refractivity contribution in [2.75, 3.05) is 0 Å². The lowest BCUT2D eigenvalue weighted by Gasteiger charge is -2.15. The normalized spacial score (nSPS) is 24.8. The van der Waals surface area contributed by atoms with Gasteiger partial charge in [0.25, 0.3) is 0 Å². The van der Waals surface area contributed by atoms with Crippen molar-refractivity contribution in [2.24, 2.45) is 17.3 Å². The summed E-state index contributed by atoms with van der Waals surface area (Å²) < 4.78 is 0. The molecule has 0 aromatic heterocycles. The SMILES string of the molecule is Cc1ccc(C(C)NC(=O)[C@@H]2[C@H](C(=O)O)C2(C)C)cc1. The molecule has 1 amide bonds. The number of rotatable bonds is 4. The van der Waals surface area contributed by atoms with Gasteiger partial charge >= 0.3 is 5.97 Å². The van der Waals surface area contributed by atoms with Crippen molar-refractivity contribution in [3.8, 4) is 0 Å². The number of carbonyl (C=O) groups is 2. The molecule has 0 heterocycles. The molecule has 1 unspecified atom stereocenters. The van der Waals surface area contributed by atoms with Gasteiger partial charge in [-0.2, -0.15) is 0 Å². The Bertz CT molecular complexity index is 533. The van der Waals surface area contributed by atoms with Gasteiger partial charge in [0.05, 0.1) is 17.9 Å². The highest BCUT2D eigenvalue weighted by molar-refractivity contribution is 5.91. The van der Waals surface area contributed by atoms with E-state index in [1.54, 1.807) is 0 Å². The molecule has 1 fully saturated rings. The van der Waals surface area contributed by atoms with Gasteiger partial charge in [0.15, 0.2) is 0 Å². The fraction of sp³-hybridized carbons (Fsp3) is 0.500. The summed E-state index contributed by atoms with van der Waals surface area (Å²) in [7, 11) is 0. The minimum absolute atomic E-state index is 0.117. The fourth-order valence-corrected chi connectivity index (χ4v) is 2.83. The first-order valence-corrected chi connectivity index (χ1v) is 6.85. The predicted octanol–water partition coefficient (Wildman–Crippen LogP) is 2.53. The van der Waals surface area contributed by atoms with Crippen molar-refractivity contribution in [2.45, 2.75) is 33.7 Å². The van der Waals surface area contributed by atoms with E-state index in [1.165, 1.54) is 5.56 Å². The molecule has 1 saturated carbocycles. The summed E-state index contributed by atoms with van der Waals surface area (Å²) in [5, 5.41) is 12.0. The average molecular weight is 275 g/mol. The van der Waals surface area contributed by atoms with Crippen LogP contribution in [0.15, 0.2) is 24.3 Å². The van der Waals surface area contributed by atoms with Crippen LogP contribution in [0.5, 0.6) is 0 Å². The Balaban J connectivity index is 2.02. The van der Waals surface area contributed by atoms with Gasteiger partial charge in [-0.1, -0.05) is 43.7 Å². The molecule has 2 N–H and O–H groups in total. The summed E-state index contributed by atoms with van der Waals surface area (Å²) in [6.07, 6.45) is 0. The summed E-state index contributed by atoms with van der Waals surface area (Å²) in [4.78, 5) is 23.3. The molecule has 0 aliphatic heterocycles. The first kappa shape index (κ1) is 14.6. The van der Waals surface area contributed by atoms with Gasteiger partial charge in [-0.25, -0.2) is 0 Å². The molecule has 1 aromatic carbocycles. The second-order valence-corrected chi connectivity index (χ2v) is 6.26. The molecule has 4 nitrogen and oxygen atoms in total. The maximum atomic E-state index is 12.2. The van der Waals surface area contributed by atoms with E-state index in [0.29, 0.717) is 0 Å². The minimum Gasteiger partial charge on any atom is -0.481 e. The quantitative estimate of drug-likeness (QED) is 0.887. The lowest BCUT2D eigenvalue weighted by molar-refractivity contribution is -0.140. The van der Waals surface area contributed by atoms with Crippen LogP contribution in [0.1, 0.15) is 37.9 Å². The van der Waals surface area contributed by atoms with Crippen molar-refractivity contribution in [1.29, 1.82) is 0 Å². The standard InChI is InChI=1S/C16H21NO3/c1-9-5-7-11(8-6-9)10(2)17-14(18)12-13(15(19)20)16(12,3)4/h5-8,10,12-13H,1-4H3,(H,17,18)(H,19,20)/t10?,12-,13+/m0/s1. The molecule has 2 rings (SSSR count). The summed E-state index contributed by atoms with van der Waals surface area (Å²) in [6.45, 7) is 7.57. The number of benzene rings is 1. The number of aryl methyl sites for hydroxylation is 1. The van der Waals surface area contributed by atoms with Gasteiger partial charge in [-0.15, -0.1) is 0 Å². The lowest BCUT2D eigenvalue weighted by atomic mass is 10.1. The number of carboxylic acids is 1. The number of amides is 1. The highest BCUT2D eigenvalue weighted by Gasteiger charge is 2.65. The molecule has 3 atom stereocenters. The van der Waals surface area contributed by atoms with Crippen molar-refractivity contribution >= 4 is 11.9 Å². The maximum absolute atomic E-state index is 12.2. The Hall–Kier alpha value is -1.84. The van der Waals surface area contributed by atoms with Gasteiger partial charge in [0.1, 0.15) is 0 Å². The van der Waals surface area contributed by atoms with Crippen LogP contribution in [0.3, 0.4) is 0 Å². The molecule has 1 aromatic rings. The second-order valence-electron chi connectivity index (χ2n) is 6.26. The van der Waals surface area contributed by atoms with Crippen molar-refractivity contribution in [3.05, 3.63) is 35.4 Å². The maximum Gasteiger partial charge on any atom is 0.307 e. The molecule has 0 radical (unpaired) electrons. The summed E-state index contributed by atoms with van der Waals surface area (Å²) in [5.74, 6) is -2.07. The molecule has 0 spiro atoms. The van der Waals surface area contributed by atoms with Gasteiger partial charge in [-0.3, -0.25) is 9.59 Å². The van der Waals surface area contributed by atoms with Gasteiger partial charge < -0.3 is 10.4 Å². The number of hydrogen-bond donors (Lipinski definition) is 2. The zero-order valence-corrected chi connectivity index (χ0v) is 12.3. The van der Waals surface area contributed by atoms with E-state index in [2.05, 4.69) is 5.32 Å². The van der Waals surface area contributed by atoms with Crippen LogP contribution in [-0.2, 0) is 9.59 Å². The first-order valence-electron chi connectivity index (χ1n) is 6.85. The Kier molecular flexibility index (Phi) is 3.59. The van der Waals surface area contributed by atoms with Crippen LogP contribution in [0.4, 0.5) is 0 Å². The third kappa shape index (κ3) is 2.55. The van der Waals surface area contributed by atoms with Crippen molar-refractivity contribution in [3.63, 3.8) is 0 Å². The molecular weight excluding hydrogens is 254 g/mol. The molecule has 108 valence electrons. The third-order valence-corrected chi connectivity index (χ3v) is 4.31. The Morgan fingerprint density at radius 1 is 1.20 bits per heavy atom. The minimum atomic E-state index is -0.891. The van der Waals surface area contributed by atoms with E-state index in [4.69, 9.17) is 5.11 Å². The number of carboxylic acid groups (broad SMARTS) is 1. The summed E-state index contributed by atoms with van der Waals surface area (Å²) >= 11 is 0. The van der Waals surface area contributed by atoms with E-state index in [9.17, 15) is 9.59 Å². The highest BCUT2D eigenvalue weighted by atomic mass is 16.4. The third-order valence-electron chi connectivity index (χ3n) is 4.31. The molecule has 1 aliphatic rings. The topological polar surface area (TPSA) is 66.4 Å². The smallest absolute Gasteiger partial charge is 0.307 e. The number of nitrogens with one attached hydrogen (secondary N) is 1. The van der Waals surface area contributed by atoms with Crippen LogP contribution >= 0.6 is 0 Å². The van der Waals surface area contributed by atoms with Crippen LogP contribution in [0.25, 0.3) is 0 Å². The Labute approximate surface area is 119 Å². The zero-order chi connectivity index (χ0) is 15.1. The molecular formula is C16H21NO3. The van der Waals surface area contributed by atoms with Gasteiger partial charge in [0.2, 0.25) is 5.91 Å². The second kappa shape index (κ2) is 4.93. The Morgan fingerprint density at radius 3 is 2.20 bits per heavy atom. The van der Waals surface area contributed by atoms with Gasteiger partial charge in [-0.05, 0) is 24.8 Å². The first-order chi connectivity index (χ1) is 9.25. The number of aliphatic carboxylic acids is 1. The molecule has 4 heteroatoms. The van der Waals surface area contributed by atoms with E-state index >= 15 is 0 Å². The van der Waals surface area contributed by atoms with E-state index in [-0.39, 0.29) is 11.9 Å². The van der Waals surface area contributed by atoms with E-state index in [1.807, 2.05) is 52.0 Å². The Morgan fingerprint density at radius 2 is 1.75 bits per heavy atom. The average Bonchev–Trinajstić information content (AvgIpc) is 2.93. The van der Waals surface area contributed by atoms with E-state index < -0.39 is 23.2 Å². The predicted molar refractivity (Wildman–Crippen MR) is 76.1 cm³/mol. The summed E-state index contributed by atoms with van der Waals surface area (Å²) in [5.41, 5.74) is 1.74. The lowest BCUT2D eigenvalue weighted by Crippen LogP contribution is -2.30. The van der Waals surface area contributed by atoms with Crippen molar-refractivity contribution < 1.29 is 14.7 Å². The van der Waals surface area contributed by atoms with Crippen LogP contribution in [0, 0.1) is 24.2 Å². The molecule has 0 saturated heterocycles. The van der Waals surface area contributed by atoms with Crippen LogP contribution in [-0.4, -0.2) is 17.0 Å². The van der Waals surface area contributed by atoms with Gasteiger partial charge in [0, 0.05) is 0 Å². The number of hydrogen-bond acceptors (Lipinski definition) is 2. The molecule has 20 heavy (non-hydrogen) atoms. The van der Waals surface area contributed by atoms with E-state index in [0.717, 1.165) is 5.56 Å². The monoisotopic (exact) mass is 275 g/mol. The fourth-order valence-electron chi connectivity index (χ4n) is 2.83. The molecule has 0 bridgehead atoms. The largest absolute Gasteiger partial charge is 0.481 e. The number of carbonyl (C=O) groups excluding carboxylic acids is 1.